The van der Waals surface area contributed by atoms with Crippen LogP contribution in [0.25, 0.3) is 22.7 Å². The van der Waals surface area contributed by atoms with E-state index in [0.29, 0.717) is 18.3 Å². The number of anilines is 2. The standard InChI is InChI=1S/C23H24N8O2/c1-31(9-10-32)19-6-3-15(11-26-19)20-29-21(30-33-20)23(7-2-8-23)17-4-5-18(25-14-17)16-12-27-22(24)28-13-16/h3-6,11-14,32H,2,7-10H2,1H3,(H2,24,27,28). The van der Waals surface area contributed by atoms with Crippen LogP contribution >= 0.6 is 0 Å². The molecule has 33 heavy (non-hydrogen) atoms. The summed E-state index contributed by atoms with van der Waals surface area (Å²) < 4.78 is 5.60. The predicted octanol–water partition coefficient (Wildman–Crippen LogP) is 2.46. The maximum Gasteiger partial charge on any atom is 0.259 e. The van der Waals surface area contributed by atoms with Gasteiger partial charge in [-0.1, -0.05) is 17.6 Å². The maximum atomic E-state index is 9.10. The lowest BCUT2D eigenvalue weighted by atomic mass is 9.64. The second-order valence-electron chi connectivity index (χ2n) is 8.17. The van der Waals surface area contributed by atoms with Crippen molar-refractivity contribution in [2.75, 3.05) is 30.8 Å². The largest absolute Gasteiger partial charge is 0.395 e. The number of hydrogen-bond acceptors (Lipinski definition) is 10. The molecule has 0 atom stereocenters. The van der Waals surface area contributed by atoms with Crippen molar-refractivity contribution in [1.29, 1.82) is 0 Å². The van der Waals surface area contributed by atoms with E-state index >= 15 is 0 Å². The van der Waals surface area contributed by atoms with E-state index in [1.165, 1.54) is 0 Å². The molecule has 1 aliphatic carbocycles. The third-order valence-corrected chi connectivity index (χ3v) is 6.17. The highest BCUT2D eigenvalue weighted by molar-refractivity contribution is 5.58. The summed E-state index contributed by atoms with van der Waals surface area (Å²) in [5, 5.41) is 13.4. The smallest absolute Gasteiger partial charge is 0.259 e. The Hall–Kier alpha value is -3.92. The van der Waals surface area contributed by atoms with Crippen LogP contribution in [-0.2, 0) is 5.41 Å². The van der Waals surface area contributed by atoms with E-state index < -0.39 is 0 Å². The highest BCUT2D eigenvalue weighted by Gasteiger charge is 2.44. The third kappa shape index (κ3) is 3.89. The second kappa shape index (κ2) is 8.55. The molecule has 0 spiro atoms. The summed E-state index contributed by atoms with van der Waals surface area (Å²) >= 11 is 0. The molecule has 0 radical (unpaired) electrons. The Labute approximate surface area is 190 Å². The van der Waals surface area contributed by atoms with Crippen molar-refractivity contribution in [3.8, 4) is 22.7 Å². The molecule has 1 aliphatic rings. The highest BCUT2D eigenvalue weighted by Crippen LogP contribution is 2.48. The van der Waals surface area contributed by atoms with Crippen molar-refractivity contribution >= 4 is 11.8 Å². The summed E-state index contributed by atoms with van der Waals surface area (Å²) in [6.45, 7) is 0.580. The number of hydrogen-bond donors (Lipinski definition) is 2. The Bertz CT molecular complexity index is 1220. The van der Waals surface area contributed by atoms with Gasteiger partial charge < -0.3 is 20.3 Å². The molecule has 4 aromatic heterocycles. The number of rotatable bonds is 7. The molecule has 0 aromatic carbocycles. The monoisotopic (exact) mass is 444 g/mol. The highest BCUT2D eigenvalue weighted by atomic mass is 16.5. The molecule has 3 N–H and O–H groups in total. The van der Waals surface area contributed by atoms with E-state index in [1.807, 2.05) is 36.3 Å². The molecule has 10 heteroatoms. The van der Waals surface area contributed by atoms with Crippen LogP contribution in [0, 0.1) is 0 Å². The van der Waals surface area contributed by atoms with Crippen LogP contribution in [-0.4, -0.2) is 55.4 Å². The Balaban J connectivity index is 1.39. The molecular formula is C23H24N8O2. The Morgan fingerprint density at radius 1 is 1.00 bits per heavy atom. The zero-order valence-electron chi connectivity index (χ0n) is 18.2. The fraction of sp³-hybridized carbons (Fsp3) is 0.304. The van der Waals surface area contributed by atoms with Crippen molar-refractivity contribution in [3.63, 3.8) is 0 Å². The van der Waals surface area contributed by atoms with E-state index in [1.54, 1.807) is 18.6 Å². The average molecular weight is 444 g/mol. The quantitative estimate of drug-likeness (QED) is 0.437. The fourth-order valence-electron chi connectivity index (χ4n) is 4.03. The molecule has 4 heterocycles. The summed E-state index contributed by atoms with van der Waals surface area (Å²) in [6, 6.07) is 7.78. The molecule has 168 valence electrons. The first-order valence-electron chi connectivity index (χ1n) is 10.8. The summed E-state index contributed by atoms with van der Waals surface area (Å²) in [7, 11) is 1.88. The topological polar surface area (TPSA) is 140 Å². The number of nitrogens with zero attached hydrogens (tertiary/aromatic N) is 7. The Morgan fingerprint density at radius 3 is 2.39 bits per heavy atom. The summed E-state index contributed by atoms with van der Waals surface area (Å²) in [5.74, 6) is 2.10. The molecule has 1 saturated carbocycles. The minimum absolute atomic E-state index is 0.0681. The van der Waals surface area contributed by atoms with Crippen LogP contribution < -0.4 is 10.6 Å². The molecule has 0 aliphatic heterocycles. The summed E-state index contributed by atoms with van der Waals surface area (Å²) in [5.41, 5.74) is 8.66. The van der Waals surface area contributed by atoms with Crippen molar-refractivity contribution in [2.45, 2.75) is 24.7 Å². The molecule has 10 nitrogen and oxygen atoms in total. The minimum Gasteiger partial charge on any atom is -0.395 e. The van der Waals surface area contributed by atoms with Gasteiger partial charge in [0.25, 0.3) is 5.89 Å². The van der Waals surface area contributed by atoms with E-state index in [0.717, 1.165) is 47.5 Å². The molecule has 0 amide bonds. The van der Waals surface area contributed by atoms with Crippen molar-refractivity contribution in [2.24, 2.45) is 0 Å². The van der Waals surface area contributed by atoms with E-state index in [9.17, 15) is 0 Å². The number of aromatic nitrogens is 6. The van der Waals surface area contributed by atoms with Crippen LogP contribution in [0.5, 0.6) is 0 Å². The van der Waals surface area contributed by atoms with Gasteiger partial charge in [0.1, 0.15) is 5.82 Å². The van der Waals surface area contributed by atoms with Crippen molar-refractivity contribution < 1.29 is 9.63 Å². The molecule has 0 unspecified atom stereocenters. The van der Waals surface area contributed by atoms with Crippen LogP contribution in [0.1, 0.15) is 30.7 Å². The number of pyridine rings is 2. The van der Waals surface area contributed by atoms with Gasteiger partial charge in [0.05, 0.1) is 23.3 Å². The maximum absolute atomic E-state index is 9.10. The van der Waals surface area contributed by atoms with Crippen molar-refractivity contribution in [1.82, 2.24) is 30.1 Å². The summed E-state index contributed by atoms with van der Waals surface area (Å²) in [4.78, 5) is 23.7. The molecule has 0 saturated heterocycles. The van der Waals surface area contributed by atoms with Gasteiger partial charge in [0.15, 0.2) is 5.82 Å². The number of aliphatic hydroxyl groups is 1. The molecule has 4 aromatic rings. The van der Waals surface area contributed by atoms with Gasteiger partial charge in [-0.15, -0.1) is 0 Å². The minimum atomic E-state index is -0.306. The molecule has 5 rings (SSSR count). The lowest BCUT2D eigenvalue weighted by Crippen LogP contribution is -2.36. The summed E-state index contributed by atoms with van der Waals surface area (Å²) in [6.07, 6.45) is 9.85. The lowest BCUT2D eigenvalue weighted by molar-refractivity contribution is 0.272. The Morgan fingerprint density at radius 2 is 1.79 bits per heavy atom. The van der Waals surface area contributed by atoms with Gasteiger partial charge in [-0.25, -0.2) is 15.0 Å². The zero-order chi connectivity index (χ0) is 22.8. The van der Waals surface area contributed by atoms with Crippen LogP contribution in [0.3, 0.4) is 0 Å². The fourth-order valence-corrected chi connectivity index (χ4v) is 4.03. The van der Waals surface area contributed by atoms with Gasteiger partial charge in [0.2, 0.25) is 5.95 Å². The number of nitrogens with two attached hydrogens (primary N) is 1. The van der Waals surface area contributed by atoms with E-state index in [2.05, 4.69) is 31.2 Å². The third-order valence-electron chi connectivity index (χ3n) is 6.17. The predicted molar refractivity (Wildman–Crippen MR) is 122 cm³/mol. The normalized spacial score (nSPS) is 14.6. The molecular weight excluding hydrogens is 420 g/mol. The van der Waals surface area contributed by atoms with Gasteiger partial charge in [-0.2, -0.15) is 4.98 Å². The average Bonchev–Trinajstić information content (AvgIpc) is 3.30. The lowest BCUT2D eigenvalue weighted by Gasteiger charge is -2.39. The first kappa shape index (κ1) is 21.0. The number of aliphatic hydroxyl groups excluding tert-OH is 1. The van der Waals surface area contributed by atoms with Gasteiger partial charge in [-0.3, -0.25) is 4.98 Å². The van der Waals surface area contributed by atoms with E-state index in [4.69, 9.17) is 20.3 Å². The first-order chi connectivity index (χ1) is 16.1. The van der Waals surface area contributed by atoms with Gasteiger partial charge in [0, 0.05) is 43.9 Å². The van der Waals surface area contributed by atoms with Crippen LogP contribution in [0.15, 0.2) is 53.6 Å². The zero-order valence-corrected chi connectivity index (χ0v) is 18.2. The van der Waals surface area contributed by atoms with Gasteiger partial charge in [-0.05, 0) is 36.6 Å². The molecule has 1 fully saturated rings. The number of nitrogen functional groups attached to an aromatic ring is 1. The van der Waals surface area contributed by atoms with Crippen LogP contribution in [0.2, 0.25) is 0 Å². The Kier molecular flexibility index (Phi) is 5.43. The number of likely N-dealkylation sites (N-methyl/N-ethyl adjacent to an activating group) is 1. The SMILES string of the molecule is CN(CCO)c1ccc(-c2nc(C3(c4ccc(-c5cnc(N)nc5)nc4)CCC3)no2)cn1. The van der Waals surface area contributed by atoms with Crippen LogP contribution in [0.4, 0.5) is 11.8 Å². The van der Waals surface area contributed by atoms with Crippen molar-refractivity contribution in [3.05, 3.63) is 60.4 Å². The first-order valence-corrected chi connectivity index (χ1v) is 10.8. The van der Waals surface area contributed by atoms with Gasteiger partial charge >= 0.3 is 0 Å². The van der Waals surface area contributed by atoms with E-state index in [-0.39, 0.29) is 18.0 Å². The molecule has 0 bridgehead atoms. The second-order valence-corrected chi connectivity index (χ2v) is 8.17.